The summed E-state index contributed by atoms with van der Waals surface area (Å²) in [6, 6.07) is 6.70. The Hall–Kier alpha value is -4.09. The first kappa shape index (κ1) is 26.0. The lowest BCUT2D eigenvalue weighted by atomic mass is 10.0. The summed E-state index contributed by atoms with van der Waals surface area (Å²) in [5.74, 6) is -5.51. The second-order valence-corrected chi connectivity index (χ2v) is 8.36. The number of nitrogens with zero attached hydrogens (tertiary/aromatic N) is 2. The predicted octanol–water partition coefficient (Wildman–Crippen LogP) is 5.76. The Morgan fingerprint density at radius 1 is 0.946 bits per heavy atom. The van der Waals surface area contributed by atoms with Crippen LogP contribution in [-0.4, -0.2) is 23.9 Å². The number of urea groups is 1. The molecule has 0 saturated carbocycles. The summed E-state index contributed by atoms with van der Waals surface area (Å²) in [6.07, 6.45) is -4.88. The Bertz CT molecular complexity index is 1370. The van der Waals surface area contributed by atoms with E-state index in [4.69, 9.17) is 0 Å². The molecular formula is C25H18F7N3O2. The topological polar surface area (TPSA) is 52.7 Å². The number of hydrogen-bond acceptors (Lipinski definition) is 2. The number of benzene rings is 3. The number of fused-ring (bicyclic) bond motifs is 1. The van der Waals surface area contributed by atoms with Crippen LogP contribution in [0.2, 0.25) is 0 Å². The average molecular weight is 525 g/mol. The quantitative estimate of drug-likeness (QED) is 0.431. The van der Waals surface area contributed by atoms with E-state index in [1.54, 1.807) is 0 Å². The van der Waals surface area contributed by atoms with Gasteiger partial charge in [0.15, 0.2) is 0 Å². The minimum absolute atomic E-state index is 0.0714. The van der Waals surface area contributed by atoms with Crippen LogP contribution in [-0.2, 0) is 25.8 Å². The molecule has 0 radical (unpaired) electrons. The molecule has 3 amide bonds. The maximum atomic E-state index is 14.5. The Balaban J connectivity index is 1.65. The summed E-state index contributed by atoms with van der Waals surface area (Å²) in [7, 11) is 1.41. The molecule has 12 heteroatoms. The van der Waals surface area contributed by atoms with Crippen molar-refractivity contribution in [2.24, 2.45) is 0 Å². The highest BCUT2D eigenvalue weighted by molar-refractivity contribution is 5.99. The summed E-state index contributed by atoms with van der Waals surface area (Å²) < 4.78 is 95.9. The van der Waals surface area contributed by atoms with Gasteiger partial charge in [-0.25, -0.2) is 22.4 Å². The maximum absolute atomic E-state index is 14.5. The number of rotatable bonds is 5. The molecule has 0 aliphatic carbocycles. The molecule has 0 atom stereocenters. The van der Waals surface area contributed by atoms with E-state index in [0.29, 0.717) is 23.8 Å². The van der Waals surface area contributed by atoms with Crippen molar-refractivity contribution in [2.45, 2.75) is 25.8 Å². The van der Waals surface area contributed by atoms with Crippen LogP contribution < -0.4 is 10.2 Å². The summed E-state index contributed by atoms with van der Waals surface area (Å²) in [4.78, 5) is 27.7. The number of amides is 3. The lowest BCUT2D eigenvalue weighted by Gasteiger charge is -2.36. The van der Waals surface area contributed by atoms with Crippen LogP contribution in [0.5, 0.6) is 0 Å². The van der Waals surface area contributed by atoms with Crippen LogP contribution in [0.15, 0.2) is 48.5 Å². The zero-order chi connectivity index (χ0) is 27.1. The van der Waals surface area contributed by atoms with Gasteiger partial charge in [0.2, 0.25) is 0 Å². The molecule has 194 valence electrons. The van der Waals surface area contributed by atoms with E-state index >= 15 is 0 Å². The van der Waals surface area contributed by atoms with Crippen molar-refractivity contribution in [3.63, 3.8) is 0 Å². The van der Waals surface area contributed by atoms with Gasteiger partial charge in [-0.1, -0.05) is 12.1 Å². The number of carbonyl (C=O) groups excluding carboxylic acids is 2. The van der Waals surface area contributed by atoms with E-state index < -0.39 is 71.2 Å². The molecular weight excluding hydrogens is 507 g/mol. The summed E-state index contributed by atoms with van der Waals surface area (Å²) >= 11 is 0. The largest absolute Gasteiger partial charge is 0.416 e. The van der Waals surface area contributed by atoms with Gasteiger partial charge in [0, 0.05) is 49.0 Å². The minimum Gasteiger partial charge on any atom is -0.348 e. The fourth-order valence-corrected chi connectivity index (χ4v) is 4.03. The predicted molar refractivity (Wildman–Crippen MR) is 118 cm³/mol. The van der Waals surface area contributed by atoms with Gasteiger partial charge in [-0.05, 0) is 29.8 Å². The third-order valence-corrected chi connectivity index (χ3v) is 5.88. The summed E-state index contributed by atoms with van der Waals surface area (Å²) in [6.45, 7) is -1.32. The minimum atomic E-state index is -4.88. The van der Waals surface area contributed by atoms with Crippen molar-refractivity contribution in [1.29, 1.82) is 0 Å². The Morgan fingerprint density at radius 2 is 1.62 bits per heavy atom. The van der Waals surface area contributed by atoms with Gasteiger partial charge in [0.05, 0.1) is 17.8 Å². The summed E-state index contributed by atoms with van der Waals surface area (Å²) in [5.41, 5.74) is -2.10. The highest BCUT2D eigenvalue weighted by Gasteiger charge is 2.37. The van der Waals surface area contributed by atoms with Crippen LogP contribution >= 0.6 is 0 Å². The van der Waals surface area contributed by atoms with E-state index in [1.165, 1.54) is 30.1 Å². The molecule has 37 heavy (non-hydrogen) atoms. The highest BCUT2D eigenvalue weighted by Crippen LogP contribution is 2.36. The van der Waals surface area contributed by atoms with Crippen LogP contribution in [0.1, 0.15) is 32.6 Å². The second kappa shape index (κ2) is 9.75. The van der Waals surface area contributed by atoms with Crippen molar-refractivity contribution in [3.8, 4) is 0 Å². The molecule has 1 heterocycles. The molecule has 3 aromatic carbocycles. The zero-order valence-electron chi connectivity index (χ0n) is 19.1. The smallest absolute Gasteiger partial charge is 0.348 e. The Kier molecular flexibility index (Phi) is 6.85. The molecule has 0 spiro atoms. The van der Waals surface area contributed by atoms with Crippen LogP contribution in [0.3, 0.4) is 0 Å². The fourth-order valence-electron chi connectivity index (χ4n) is 4.03. The van der Waals surface area contributed by atoms with E-state index in [9.17, 15) is 40.3 Å². The third kappa shape index (κ3) is 5.23. The van der Waals surface area contributed by atoms with E-state index in [0.717, 1.165) is 17.0 Å². The Labute approximate surface area is 206 Å². The van der Waals surface area contributed by atoms with Crippen molar-refractivity contribution in [1.82, 2.24) is 10.2 Å². The molecule has 0 unspecified atom stereocenters. The van der Waals surface area contributed by atoms with Crippen molar-refractivity contribution >= 4 is 17.6 Å². The maximum Gasteiger partial charge on any atom is 0.416 e. The summed E-state index contributed by atoms with van der Waals surface area (Å²) in [5, 5.41) is 2.28. The fraction of sp³-hybridized carbons (Fsp3) is 0.200. The van der Waals surface area contributed by atoms with Crippen molar-refractivity contribution < 1.29 is 40.3 Å². The van der Waals surface area contributed by atoms with Crippen LogP contribution in [0, 0.1) is 23.3 Å². The van der Waals surface area contributed by atoms with Crippen LogP contribution in [0.4, 0.5) is 41.2 Å². The molecule has 0 saturated heterocycles. The highest BCUT2D eigenvalue weighted by atomic mass is 19.4. The molecule has 1 N–H and O–H groups in total. The third-order valence-electron chi connectivity index (χ3n) is 5.88. The monoisotopic (exact) mass is 525 g/mol. The second-order valence-electron chi connectivity index (χ2n) is 8.36. The van der Waals surface area contributed by atoms with Crippen LogP contribution in [0.25, 0.3) is 0 Å². The van der Waals surface area contributed by atoms with Gasteiger partial charge in [-0.2, -0.15) is 13.2 Å². The molecule has 1 aliphatic rings. The van der Waals surface area contributed by atoms with E-state index in [-0.39, 0.29) is 17.8 Å². The van der Waals surface area contributed by atoms with E-state index in [1.807, 2.05) is 0 Å². The molecule has 1 aliphatic heterocycles. The number of carbonyl (C=O) groups is 2. The normalized spacial score (nSPS) is 13.6. The molecule has 0 fully saturated rings. The standard InChI is InChI=1S/C25H18F7N3O2/c1-34-11-14-6-5-13(23(36)33-10-16-20(28)8-15(26)9-21(16)29)7-22(14)35(24(34)37)12-17-18(25(30,31)32)3-2-4-19(17)27/h2-9H,10-12H2,1H3,(H,33,36). The average Bonchev–Trinajstić information content (AvgIpc) is 2.81. The molecule has 4 rings (SSSR count). The van der Waals surface area contributed by atoms with Gasteiger partial charge >= 0.3 is 12.2 Å². The number of alkyl halides is 3. The van der Waals surface area contributed by atoms with Gasteiger partial charge < -0.3 is 10.2 Å². The first-order valence-electron chi connectivity index (χ1n) is 10.8. The Morgan fingerprint density at radius 3 is 2.27 bits per heavy atom. The number of anilines is 1. The molecule has 0 aromatic heterocycles. The zero-order valence-corrected chi connectivity index (χ0v) is 19.1. The molecule has 3 aromatic rings. The van der Waals surface area contributed by atoms with E-state index in [2.05, 4.69) is 5.32 Å². The lowest BCUT2D eigenvalue weighted by Crippen LogP contribution is -2.45. The number of hydrogen-bond donors (Lipinski definition) is 1. The first-order chi connectivity index (χ1) is 17.4. The number of halogens is 7. The lowest BCUT2D eigenvalue weighted by molar-refractivity contribution is -0.138. The number of nitrogens with one attached hydrogen (secondary N) is 1. The van der Waals surface area contributed by atoms with Gasteiger partial charge in [-0.3, -0.25) is 9.69 Å². The van der Waals surface area contributed by atoms with Crippen molar-refractivity contribution in [3.05, 3.63) is 99.6 Å². The molecule has 5 nitrogen and oxygen atoms in total. The van der Waals surface area contributed by atoms with Crippen molar-refractivity contribution in [2.75, 3.05) is 11.9 Å². The van der Waals surface area contributed by atoms with Gasteiger partial charge in [0.25, 0.3) is 5.91 Å². The molecule has 0 bridgehead atoms. The first-order valence-corrected chi connectivity index (χ1v) is 10.8. The van der Waals surface area contributed by atoms with Gasteiger partial charge in [-0.15, -0.1) is 0 Å². The van der Waals surface area contributed by atoms with Gasteiger partial charge in [0.1, 0.15) is 23.3 Å². The SMILES string of the molecule is CN1Cc2ccc(C(=O)NCc3c(F)cc(F)cc3F)cc2N(Cc2c(F)cccc2C(F)(F)F)C1=O.